The molecule has 0 aliphatic heterocycles. The lowest BCUT2D eigenvalue weighted by molar-refractivity contribution is 0.510. The van der Waals surface area contributed by atoms with Crippen LogP contribution in [0.25, 0.3) is 0 Å². The van der Waals surface area contributed by atoms with Crippen LogP contribution >= 0.6 is 0 Å². The van der Waals surface area contributed by atoms with Gasteiger partial charge in [-0.15, -0.1) is 0 Å². The van der Waals surface area contributed by atoms with Gasteiger partial charge in [-0.2, -0.15) is 0 Å². The molecule has 0 aliphatic rings. The van der Waals surface area contributed by atoms with E-state index in [1.54, 1.807) is 0 Å². The molecular formula is C7H9O. The number of aryl methyl sites for hydroxylation is 1. The van der Waals surface area contributed by atoms with Crippen molar-refractivity contribution in [1.29, 1.82) is 0 Å². The Morgan fingerprint density at radius 2 is 2.25 bits per heavy atom. The van der Waals surface area contributed by atoms with E-state index < -0.39 is 0 Å². The van der Waals surface area contributed by atoms with Gasteiger partial charge in [0.25, 0.3) is 0 Å². The van der Waals surface area contributed by atoms with Gasteiger partial charge < -0.3 is 4.42 Å². The van der Waals surface area contributed by atoms with Crippen LogP contribution in [0.4, 0.5) is 0 Å². The van der Waals surface area contributed by atoms with Crippen molar-refractivity contribution in [3.05, 3.63) is 30.1 Å². The molecule has 1 heteroatoms. The van der Waals surface area contributed by atoms with Crippen LogP contribution in [0, 0.1) is 13.3 Å². The maximum Gasteiger partial charge on any atom is 0.107 e. The van der Waals surface area contributed by atoms with Gasteiger partial charge in [0.15, 0.2) is 0 Å². The predicted molar refractivity (Wildman–Crippen MR) is 32.5 cm³/mol. The van der Waals surface area contributed by atoms with Gasteiger partial charge in [-0.1, -0.05) is 6.92 Å². The standard InChI is InChI=1S/C7H9O/c1-3-7-5-4-6(2)8-7/h3-5H,1-2H3. The summed E-state index contributed by atoms with van der Waals surface area (Å²) in [6.07, 6.45) is 1.94. The smallest absolute Gasteiger partial charge is 0.107 e. The molecule has 1 heterocycles. The Kier molecular flexibility index (Phi) is 1.38. The van der Waals surface area contributed by atoms with Gasteiger partial charge in [-0.05, 0) is 19.1 Å². The molecule has 0 aromatic carbocycles. The molecule has 1 aromatic heterocycles. The first-order chi connectivity index (χ1) is 3.83. The van der Waals surface area contributed by atoms with Gasteiger partial charge in [0.05, 0.1) is 0 Å². The summed E-state index contributed by atoms with van der Waals surface area (Å²) in [6, 6.07) is 3.91. The molecule has 1 aromatic rings. The minimum Gasteiger partial charge on any atom is -0.466 e. The summed E-state index contributed by atoms with van der Waals surface area (Å²) < 4.78 is 5.18. The molecule has 0 aliphatic carbocycles. The normalized spacial score (nSPS) is 9.75. The van der Waals surface area contributed by atoms with Crippen molar-refractivity contribution in [2.75, 3.05) is 0 Å². The average Bonchev–Trinajstić information content (AvgIpc) is 2.14. The van der Waals surface area contributed by atoms with Crippen LogP contribution in [0.5, 0.6) is 0 Å². The number of hydrogen-bond acceptors (Lipinski definition) is 1. The molecule has 1 nitrogen and oxygen atoms in total. The van der Waals surface area contributed by atoms with E-state index in [4.69, 9.17) is 4.42 Å². The largest absolute Gasteiger partial charge is 0.466 e. The second-order valence-corrected chi connectivity index (χ2v) is 1.74. The van der Waals surface area contributed by atoms with Gasteiger partial charge in [0, 0.05) is 6.42 Å². The molecule has 1 rings (SSSR count). The van der Waals surface area contributed by atoms with E-state index in [-0.39, 0.29) is 0 Å². The number of rotatable bonds is 1. The highest BCUT2D eigenvalue weighted by atomic mass is 16.3. The first-order valence-electron chi connectivity index (χ1n) is 2.68. The molecule has 0 bridgehead atoms. The zero-order valence-electron chi connectivity index (χ0n) is 5.14. The van der Waals surface area contributed by atoms with Crippen molar-refractivity contribution >= 4 is 0 Å². The fraction of sp³-hybridized carbons (Fsp3) is 0.286. The highest BCUT2D eigenvalue weighted by Crippen LogP contribution is 2.06. The Balaban J connectivity index is 2.84. The third-order valence-corrected chi connectivity index (χ3v) is 1.05. The SMILES string of the molecule is C[CH]c1ccc(C)o1. The second-order valence-electron chi connectivity index (χ2n) is 1.74. The minimum absolute atomic E-state index is 0.947. The molecule has 0 spiro atoms. The van der Waals surface area contributed by atoms with Gasteiger partial charge in [-0.25, -0.2) is 0 Å². The Bertz CT molecular complexity index is 165. The molecule has 0 unspecified atom stereocenters. The highest BCUT2D eigenvalue weighted by molar-refractivity contribution is 5.11. The molecule has 0 N–H and O–H groups in total. The lowest BCUT2D eigenvalue weighted by Crippen LogP contribution is -1.64. The Labute approximate surface area is 49.3 Å². The molecule has 0 fully saturated rings. The van der Waals surface area contributed by atoms with E-state index in [0.29, 0.717) is 0 Å². The van der Waals surface area contributed by atoms with E-state index in [2.05, 4.69) is 0 Å². The van der Waals surface area contributed by atoms with Crippen molar-refractivity contribution in [3.8, 4) is 0 Å². The van der Waals surface area contributed by atoms with Gasteiger partial charge in [-0.3, -0.25) is 0 Å². The first-order valence-corrected chi connectivity index (χ1v) is 2.68. The molecule has 0 saturated heterocycles. The van der Waals surface area contributed by atoms with Gasteiger partial charge in [0.1, 0.15) is 11.5 Å². The lowest BCUT2D eigenvalue weighted by Gasteiger charge is -1.82. The van der Waals surface area contributed by atoms with Gasteiger partial charge in [0.2, 0.25) is 0 Å². The van der Waals surface area contributed by atoms with Crippen LogP contribution in [-0.4, -0.2) is 0 Å². The van der Waals surface area contributed by atoms with Crippen LogP contribution in [0.1, 0.15) is 18.4 Å². The zero-order valence-corrected chi connectivity index (χ0v) is 5.14. The summed E-state index contributed by atoms with van der Waals surface area (Å²) in [4.78, 5) is 0. The Morgan fingerprint density at radius 3 is 2.50 bits per heavy atom. The van der Waals surface area contributed by atoms with Crippen LogP contribution in [-0.2, 0) is 0 Å². The van der Waals surface area contributed by atoms with E-state index in [0.717, 1.165) is 11.5 Å². The summed E-state index contributed by atoms with van der Waals surface area (Å²) in [6.45, 7) is 3.89. The van der Waals surface area contributed by atoms with Crippen LogP contribution in [0.15, 0.2) is 16.5 Å². The minimum atomic E-state index is 0.947. The van der Waals surface area contributed by atoms with E-state index >= 15 is 0 Å². The maximum absolute atomic E-state index is 5.18. The molecule has 8 heavy (non-hydrogen) atoms. The molecule has 0 saturated carbocycles. The molecule has 0 amide bonds. The van der Waals surface area contributed by atoms with Crippen LogP contribution < -0.4 is 0 Å². The van der Waals surface area contributed by atoms with Crippen molar-refractivity contribution in [3.63, 3.8) is 0 Å². The van der Waals surface area contributed by atoms with Crippen molar-refractivity contribution in [2.24, 2.45) is 0 Å². The highest BCUT2D eigenvalue weighted by Gasteiger charge is 1.91. The first kappa shape index (κ1) is 5.42. The van der Waals surface area contributed by atoms with Crippen molar-refractivity contribution < 1.29 is 4.42 Å². The molecule has 43 valence electrons. The quantitative estimate of drug-likeness (QED) is 0.538. The maximum atomic E-state index is 5.18. The average molecular weight is 109 g/mol. The molecule has 1 radical (unpaired) electrons. The zero-order chi connectivity index (χ0) is 5.98. The fourth-order valence-corrected chi connectivity index (χ4v) is 0.609. The van der Waals surface area contributed by atoms with Crippen molar-refractivity contribution in [1.82, 2.24) is 0 Å². The lowest BCUT2D eigenvalue weighted by atomic mass is 10.4. The number of hydrogen-bond donors (Lipinski definition) is 0. The monoisotopic (exact) mass is 109 g/mol. The summed E-state index contributed by atoms with van der Waals surface area (Å²) in [5.41, 5.74) is 0. The topological polar surface area (TPSA) is 13.1 Å². The third-order valence-electron chi connectivity index (χ3n) is 1.05. The van der Waals surface area contributed by atoms with Crippen LogP contribution in [0.3, 0.4) is 0 Å². The Hall–Kier alpha value is -0.720. The second kappa shape index (κ2) is 2.03. The van der Waals surface area contributed by atoms with E-state index in [1.807, 2.05) is 32.4 Å². The fourth-order valence-electron chi connectivity index (χ4n) is 0.609. The van der Waals surface area contributed by atoms with Crippen molar-refractivity contribution in [2.45, 2.75) is 13.8 Å². The summed E-state index contributed by atoms with van der Waals surface area (Å²) in [7, 11) is 0. The third kappa shape index (κ3) is 0.915. The summed E-state index contributed by atoms with van der Waals surface area (Å²) >= 11 is 0. The van der Waals surface area contributed by atoms with Crippen LogP contribution in [0.2, 0.25) is 0 Å². The predicted octanol–water partition coefficient (Wildman–Crippen LogP) is 2.16. The number of furan rings is 1. The summed E-state index contributed by atoms with van der Waals surface area (Å²) in [5.74, 6) is 1.92. The Morgan fingerprint density at radius 1 is 1.50 bits per heavy atom. The summed E-state index contributed by atoms with van der Waals surface area (Å²) in [5, 5.41) is 0. The molecule has 0 atom stereocenters. The van der Waals surface area contributed by atoms with E-state index in [1.165, 1.54) is 0 Å². The molecular weight excluding hydrogens is 100 g/mol. The van der Waals surface area contributed by atoms with E-state index in [9.17, 15) is 0 Å². The van der Waals surface area contributed by atoms with Gasteiger partial charge >= 0.3 is 0 Å².